The first-order chi connectivity index (χ1) is 1.00. The van der Waals surface area contributed by atoms with Crippen molar-refractivity contribution in [3.8, 4) is 0 Å². The van der Waals surface area contributed by atoms with Crippen LogP contribution in [-0.2, 0) is 19.8 Å². The fourth-order valence-corrected chi connectivity index (χ4v) is 0. The molecule has 0 N–H and O–H groups in total. The summed E-state index contributed by atoms with van der Waals surface area (Å²) in [7, 11) is 0. The molecule has 0 aliphatic heterocycles. The van der Waals surface area contributed by atoms with Gasteiger partial charge in [0.25, 0.3) is 0 Å². The molecule has 1 radical (unpaired) electrons. The summed E-state index contributed by atoms with van der Waals surface area (Å²) in [6.45, 7) is 0. The second kappa shape index (κ2) is 22.1. The van der Waals surface area contributed by atoms with Gasteiger partial charge in [-0.1, -0.05) is 0 Å². The third-order valence-corrected chi connectivity index (χ3v) is 0. The maximum absolute atomic E-state index is 8.34. The van der Waals surface area contributed by atoms with Gasteiger partial charge in [-0.2, -0.15) is 0 Å². The number of rotatable bonds is 0. The summed E-state index contributed by atoms with van der Waals surface area (Å²) in [5.41, 5.74) is 0. The molecule has 0 fully saturated rings. The molecule has 0 unspecified atom stereocenters. The van der Waals surface area contributed by atoms with E-state index >= 15 is 0 Å². The Labute approximate surface area is 61.2 Å². The second-order valence-electron chi connectivity index (χ2n) is 0. The van der Waals surface area contributed by atoms with Crippen molar-refractivity contribution in [3.05, 3.63) is 0 Å². The van der Waals surface area contributed by atoms with E-state index in [-0.39, 0.29) is 35.6 Å². The zero-order chi connectivity index (χ0) is 2.00. The normalized spacial score (nSPS) is 1.00. The van der Waals surface area contributed by atoms with E-state index in [0.29, 0.717) is 23.0 Å². The van der Waals surface area contributed by atoms with E-state index in [1.807, 2.05) is 0 Å². The molecule has 0 rings (SSSR count). The molecule has 4 heteroatoms. The predicted molar refractivity (Wildman–Crippen MR) is 15.0 cm³/mol. The third-order valence-electron chi connectivity index (χ3n) is 0. The molecule has 0 atom stereocenters. The van der Waals surface area contributed by atoms with E-state index in [1.54, 1.807) is 0 Å². The summed E-state index contributed by atoms with van der Waals surface area (Å²) in [5, 5.41) is 0. The van der Waals surface area contributed by atoms with Gasteiger partial charge < -0.3 is 0 Å². The van der Waals surface area contributed by atoms with Crippen molar-refractivity contribution in [3.63, 3.8) is 0 Å². The topological polar surface area (TPSA) is 17.1 Å². The summed E-state index contributed by atoms with van der Waals surface area (Å²) in [6.07, 6.45) is 0. The van der Waals surface area contributed by atoms with Gasteiger partial charge in [-0.05, 0) is 0 Å². The predicted octanol–water partition coefficient (Wildman–Crippen LogP) is -1.42. The SMILES string of the molecule is [Co].[LiH].[O]=[SbH]. The van der Waals surface area contributed by atoms with E-state index in [9.17, 15) is 0 Å². The Morgan fingerprint density at radius 2 is 1.25 bits per heavy atom. The van der Waals surface area contributed by atoms with Crippen LogP contribution in [-0.4, -0.2) is 41.9 Å². The molecule has 0 aromatic carbocycles. The van der Waals surface area contributed by atoms with E-state index in [2.05, 4.69) is 0 Å². The van der Waals surface area contributed by atoms with E-state index in [1.165, 1.54) is 0 Å². The van der Waals surface area contributed by atoms with E-state index < -0.39 is 0 Å². The van der Waals surface area contributed by atoms with Gasteiger partial charge in [-0.3, -0.25) is 0 Å². The molecular weight excluding hydrogens is 204 g/mol. The quantitative estimate of drug-likeness (QED) is 0.444. The Hall–Kier alpha value is 1.72. The Morgan fingerprint density at radius 3 is 1.25 bits per heavy atom. The van der Waals surface area contributed by atoms with Gasteiger partial charge in [-0.25, -0.2) is 0 Å². The first-order valence-corrected chi connectivity index (χ1v) is 1.37. The van der Waals surface area contributed by atoms with Crippen molar-refractivity contribution >= 4 is 41.9 Å². The molecule has 0 aliphatic rings. The van der Waals surface area contributed by atoms with Crippen LogP contribution in [0.1, 0.15) is 0 Å². The first kappa shape index (κ1) is 17.2. The molecule has 0 saturated heterocycles. The molecule has 0 bridgehead atoms. The van der Waals surface area contributed by atoms with Crippen LogP contribution in [0.4, 0.5) is 0 Å². The van der Waals surface area contributed by atoms with Crippen LogP contribution in [0.5, 0.6) is 0 Å². The molecule has 0 aromatic rings. The third kappa shape index (κ3) is 9.30. The minimum atomic E-state index is 0. The van der Waals surface area contributed by atoms with Crippen molar-refractivity contribution in [2.45, 2.75) is 0 Å². The Balaban J connectivity index is -0.00000000500. The van der Waals surface area contributed by atoms with Gasteiger partial charge in [0.05, 0.1) is 0 Å². The molecule has 0 saturated carbocycles. The van der Waals surface area contributed by atoms with Crippen LogP contribution in [0.15, 0.2) is 0 Å². The van der Waals surface area contributed by atoms with Gasteiger partial charge in [-0.15, -0.1) is 0 Å². The van der Waals surface area contributed by atoms with Gasteiger partial charge in [0.15, 0.2) is 0 Å². The summed E-state index contributed by atoms with van der Waals surface area (Å²) < 4.78 is 8.34. The van der Waals surface area contributed by atoms with Crippen molar-refractivity contribution in [1.29, 1.82) is 0 Å². The minimum absolute atomic E-state index is 0. The van der Waals surface area contributed by atoms with Gasteiger partial charge in [0, 0.05) is 16.8 Å². The van der Waals surface area contributed by atoms with Crippen molar-refractivity contribution in [1.82, 2.24) is 0 Å². The molecule has 0 aromatic heterocycles. The molecule has 0 heterocycles. The van der Waals surface area contributed by atoms with Crippen LogP contribution in [0.25, 0.3) is 0 Å². The van der Waals surface area contributed by atoms with Crippen LogP contribution in [0, 0.1) is 0 Å². The maximum atomic E-state index is 8.34. The Morgan fingerprint density at radius 1 is 1.25 bits per heavy atom. The van der Waals surface area contributed by atoms with Gasteiger partial charge in [0.1, 0.15) is 0 Å². The Kier molecular flexibility index (Phi) is 95.0. The van der Waals surface area contributed by atoms with Crippen molar-refractivity contribution in [2.24, 2.45) is 0 Å². The summed E-state index contributed by atoms with van der Waals surface area (Å²) in [4.78, 5) is 0. The average molecular weight is 206 g/mol. The second-order valence-corrected chi connectivity index (χ2v) is 0. The number of hydrogen-bond acceptors (Lipinski definition) is 1. The fraction of sp³-hybridized carbons (Fsp3) is 0. The van der Waals surface area contributed by atoms with E-state index in [4.69, 9.17) is 3.02 Å². The molecule has 23 valence electrons. The molecule has 1 nitrogen and oxygen atoms in total. The summed E-state index contributed by atoms with van der Waals surface area (Å²) >= 11 is 0.300. The zero-order valence-electron chi connectivity index (χ0n) is 1.24. The van der Waals surface area contributed by atoms with E-state index in [0.717, 1.165) is 0 Å². The average Bonchev–Trinajstić information content (AvgIpc) is 1.00. The van der Waals surface area contributed by atoms with Crippen molar-refractivity contribution < 1.29 is 19.8 Å². The number of hydrogen-bond donors (Lipinski definition) is 0. The molecule has 0 amide bonds. The fourth-order valence-electron chi connectivity index (χ4n) is 0. The summed E-state index contributed by atoms with van der Waals surface area (Å²) in [5.74, 6) is 0. The van der Waals surface area contributed by atoms with Crippen molar-refractivity contribution in [2.75, 3.05) is 0 Å². The van der Waals surface area contributed by atoms with Gasteiger partial charge in [0.2, 0.25) is 0 Å². The molecule has 0 aliphatic carbocycles. The van der Waals surface area contributed by atoms with Crippen LogP contribution < -0.4 is 0 Å². The monoisotopic (exact) mass is 205 g/mol. The van der Waals surface area contributed by atoms with Crippen LogP contribution >= 0.6 is 0 Å². The first-order valence-electron chi connectivity index (χ1n) is 0.204. The molecule has 0 spiro atoms. The van der Waals surface area contributed by atoms with Gasteiger partial charge >= 0.3 is 44.9 Å². The zero-order valence-corrected chi connectivity index (χ0v) is 5.14. The molecule has 4 heavy (non-hydrogen) atoms. The Bertz CT molecular complexity index is 8.00. The molecular formula is H2CoLiOSb. The summed E-state index contributed by atoms with van der Waals surface area (Å²) in [6, 6.07) is 0. The van der Waals surface area contributed by atoms with Crippen LogP contribution in [0.2, 0.25) is 0 Å². The van der Waals surface area contributed by atoms with Crippen LogP contribution in [0.3, 0.4) is 0 Å². The standard InChI is InChI=1S/Co.Li.O.Sb.2H.